The van der Waals surface area contributed by atoms with Gasteiger partial charge in [0.15, 0.2) is 0 Å². The Morgan fingerprint density at radius 3 is 2.35 bits per heavy atom. The van der Waals surface area contributed by atoms with Crippen LogP contribution >= 0.6 is 15.9 Å². The third kappa shape index (κ3) is 2.83. The van der Waals surface area contributed by atoms with Crippen molar-refractivity contribution in [2.75, 3.05) is 0 Å². The molecule has 0 N–H and O–H groups in total. The second kappa shape index (κ2) is 6.28. The zero-order chi connectivity index (χ0) is 16.6. The second-order valence-electron chi connectivity index (χ2n) is 6.11. The Balaban J connectivity index is 2.43. The lowest BCUT2D eigenvalue weighted by Crippen LogP contribution is -2.26. The van der Waals surface area contributed by atoms with Crippen LogP contribution in [0.5, 0.6) is 0 Å². The van der Waals surface area contributed by atoms with E-state index in [0.717, 1.165) is 21.5 Å². The molecule has 3 nitrogen and oxygen atoms in total. The molecule has 4 heteroatoms. The number of rotatable bonds is 3. The molecule has 0 aliphatic rings. The molecular weight excluding hydrogens is 352 g/mol. The molecule has 1 heterocycles. The zero-order valence-electron chi connectivity index (χ0n) is 13.5. The predicted molar refractivity (Wildman–Crippen MR) is 98.3 cm³/mol. The molecule has 0 radical (unpaired) electrons. The normalized spacial score (nSPS) is 12.7. The highest BCUT2D eigenvalue weighted by Gasteiger charge is 2.21. The number of aromatic nitrogens is 2. The Kier molecular flexibility index (Phi) is 4.35. The van der Waals surface area contributed by atoms with E-state index in [4.69, 9.17) is 4.98 Å². The van der Waals surface area contributed by atoms with Crippen LogP contribution < -0.4 is 5.56 Å². The first-order valence-electron chi connectivity index (χ1n) is 7.77. The van der Waals surface area contributed by atoms with Crippen LogP contribution in [0.3, 0.4) is 0 Å². The number of benzene rings is 2. The van der Waals surface area contributed by atoms with Crippen molar-refractivity contribution < 1.29 is 0 Å². The first-order chi connectivity index (χ1) is 11.0. The fourth-order valence-corrected chi connectivity index (χ4v) is 3.08. The third-order valence-electron chi connectivity index (χ3n) is 4.30. The molecule has 23 heavy (non-hydrogen) atoms. The van der Waals surface area contributed by atoms with E-state index in [9.17, 15) is 4.79 Å². The van der Waals surface area contributed by atoms with Crippen molar-refractivity contribution in [2.24, 2.45) is 5.92 Å². The molecule has 1 aromatic heterocycles. The summed E-state index contributed by atoms with van der Waals surface area (Å²) in [6, 6.07) is 15.3. The van der Waals surface area contributed by atoms with Gasteiger partial charge in [-0.2, -0.15) is 0 Å². The molecular formula is C19H19BrN2O. The Morgan fingerprint density at radius 2 is 1.65 bits per heavy atom. The van der Waals surface area contributed by atoms with Crippen LogP contribution in [0.1, 0.15) is 32.5 Å². The summed E-state index contributed by atoms with van der Waals surface area (Å²) in [4.78, 5) is 17.9. The summed E-state index contributed by atoms with van der Waals surface area (Å²) in [6.07, 6.45) is 0. The maximum absolute atomic E-state index is 13.1. The Bertz CT molecular complexity index is 915. The summed E-state index contributed by atoms with van der Waals surface area (Å²) in [5.41, 5.74) is 1.56. The van der Waals surface area contributed by atoms with Crippen molar-refractivity contribution in [1.29, 1.82) is 0 Å². The van der Waals surface area contributed by atoms with Gasteiger partial charge in [0.05, 0.1) is 16.6 Å². The first kappa shape index (κ1) is 15.9. The van der Waals surface area contributed by atoms with Gasteiger partial charge in [0.25, 0.3) is 5.56 Å². The molecule has 118 valence electrons. The molecule has 0 aliphatic heterocycles. The summed E-state index contributed by atoms with van der Waals surface area (Å²) >= 11 is 3.56. The van der Waals surface area contributed by atoms with Crippen molar-refractivity contribution in [1.82, 2.24) is 9.55 Å². The molecule has 0 fully saturated rings. The molecule has 2 aromatic carbocycles. The number of fused-ring (bicyclic) bond motifs is 1. The van der Waals surface area contributed by atoms with Gasteiger partial charge in [-0.1, -0.05) is 45.0 Å². The molecule has 3 rings (SSSR count). The van der Waals surface area contributed by atoms with E-state index in [0.29, 0.717) is 11.3 Å². The Hall–Kier alpha value is -1.94. The second-order valence-corrected chi connectivity index (χ2v) is 6.97. The van der Waals surface area contributed by atoms with Crippen LogP contribution in [0, 0.1) is 5.92 Å². The molecule has 0 saturated carbocycles. The van der Waals surface area contributed by atoms with E-state index in [2.05, 4.69) is 36.7 Å². The fourth-order valence-electron chi connectivity index (χ4n) is 2.62. The number of halogens is 1. The number of nitrogens with zero attached hydrogens (tertiary/aromatic N) is 2. The van der Waals surface area contributed by atoms with Crippen LogP contribution in [0.2, 0.25) is 0 Å². The van der Waals surface area contributed by atoms with Crippen molar-refractivity contribution in [2.45, 2.75) is 26.7 Å². The third-order valence-corrected chi connectivity index (χ3v) is 4.97. The first-order valence-corrected chi connectivity index (χ1v) is 8.56. The highest BCUT2D eigenvalue weighted by molar-refractivity contribution is 9.10. The smallest absolute Gasteiger partial charge is 0.266 e. The number of hydrogen-bond donors (Lipinski definition) is 0. The summed E-state index contributed by atoms with van der Waals surface area (Å²) in [6.45, 7) is 6.42. The topological polar surface area (TPSA) is 34.9 Å². The molecule has 3 aromatic rings. The maximum atomic E-state index is 13.1. The van der Waals surface area contributed by atoms with Crippen molar-refractivity contribution in [3.63, 3.8) is 0 Å². The molecule has 0 bridgehead atoms. The minimum atomic E-state index is -0.0231. The monoisotopic (exact) mass is 370 g/mol. The van der Waals surface area contributed by atoms with Crippen LogP contribution in [0.25, 0.3) is 16.6 Å². The van der Waals surface area contributed by atoms with Gasteiger partial charge in [-0.3, -0.25) is 9.36 Å². The number of para-hydroxylation sites is 2. The minimum absolute atomic E-state index is 0.0231. The lowest BCUT2D eigenvalue weighted by atomic mass is 9.96. The van der Waals surface area contributed by atoms with Crippen molar-refractivity contribution in [3.8, 4) is 5.69 Å². The molecule has 0 aliphatic carbocycles. The van der Waals surface area contributed by atoms with E-state index in [1.807, 2.05) is 48.5 Å². The van der Waals surface area contributed by atoms with E-state index in [-0.39, 0.29) is 11.5 Å². The van der Waals surface area contributed by atoms with Crippen LogP contribution in [-0.2, 0) is 0 Å². The Labute approximate surface area is 144 Å². The van der Waals surface area contributed by atoms with E-state index in [1.54, 1.807) is 4.57 Å². The molecule has 0 saturated heterocycles. The largest absolute Gasteiger partial charge is 0.268 e. The van der Waals surface area contributed by atoms with E-state index in [1.165, 1.54) is 0 Å². The van der Waals surface area contributed by atoms with E-state index >= 15 is 0 Å². The standard InChI is InChI=1S/C19H19BrN2O/c1-12(2)13(3)18-21-16-10-6-4-8-14(16)19(23)22(18)17-11-7-5-9-15(17)20/h4-13H,1-3H3/t13-/m1/s1. The highest BCUT2D eigenvalue weighted by Crippen LogP contribution is 2.27. The van der Waals surface area contributed by atoms with Gasteiger partial charge in [0, 0.05) is 10.4 Å². The quantitative estimate of drug-likeness (QED) is 0.656. The lowest BCUT2D eigenvalue weighted by Gasteiger charge is -2.21. The van der Waals surface area contributed by atoms with Gasteiger partial charge in [-0.15, -0.1) is 0 Å². The molecule has 0 unspecified atom stereocenters. The van der Waals surface area contributed by atoms with Gasteiger partial charge in [-0.05, 0) is 46.1 Å². The highest BCUT2D eigenvalue weighted by atomic mass is 79.9. The summed E-state index contributed by atoms with van der Waals surface area (Å²) in [5, 5.41) is 0.642. The van der Waals surface area contributed by atoms with Gasteiger partial charge >= 0.3 is 0 Å². The van der Waals surface area contributed by atoms with Crippen LogP contribution in [0.15, 0.2) is 57.8 Å². The average Bonchev–Trinajstić information content (AvgIpc) is 2.55. The van der Waals surface area contributed by atoms with Gasteiger partial charge in [0.1, 0.15) is 5.82 Å². The maximum Gasteiger partial charge on any atom is 0.266 e. The van der Waals surface area contributed by atoms with Gasteiger partial charge in [-0.25, -0.2) is 4.98 Å². The van der Waals surface area contributed by atoms with Gasteiger partial charge in [0.2, 0.25) is 0 Å². The predicted octanol–water partition coefficient (Wildman–Crippen LogP) is 4.91. The molecule has 1 atom stereocenters. The van der Waals surface area contributed by atoms with Crippen LogP contribution in [0.4, 0.5) is 0 Å². The van der Waals surface area contributed by atoms with Crippen LogP contribution in [-0.4, -0.2) is 9.55 Å². The average molecular weight is 371 g/mol. The van der Waals surface area contributed by atoms with Crippen molar-refractivity contribution in [3.05, 3.63) is 69.2 Å². The Morgan fingerprint density at radius 1 is 1.00 bits per heavy atom. The zero-order valence-corrected chi connectivity index (χ0v) is 15.0. The van der Waals surface area contributed by atoms with Crippen molar-refractivity contribution >= 4 is 26.8 Å². The summed E-state index contributed by atoms with van der Waals surface area (Å²) in [5.74, 6) is 1.35. The molecule has 0 amide bonds. The van der Waals surface area contributed by atoms with Gasteiger partial charge < -0.3 is 0 Å². The minimum Gasteiger partial charge on any atom is -0.268 e. The summed E-state index contributed by atoms with van der Waals surface area (Å²) < 4.78 is 2.63. The lowest BCUT2D eigenvalue weighted by molar-refractivity contribution is 0.499. The SMILES string of the molecule is CC(C)[C@@H](C)c1nc2ccccc2c(=O)n1-c1ccccc1Br. The number of hydrogen-bond acceptors (Lipinski definition) is 2. The summed E-state index contributed by atoms with van der Waals surface area (Å²) in [7, 11) is 0. The molecule has 0 spiro atoms. The van der Waals surface area contributed by atoms with E-state index < -0.39 is 0 Å². The fraction of sp³-hybridized carbons (Fsp3) is 0.263.